The summed E-state index contributed by atoms with van der Waals surface area (Å²) >= 11 is 0. The number of anilines is 1. The molecule has 3 N–H and O–H groups in total. The van der Waals surface area contributed by atoms with Crippen molar-refractivity contribution in [3.8, 4) is 0 Å². The number of amidine groups is 1. The predicted molar refractivity (Wildman–Crippen MR) is 67.8 cm³/mol. The highest BCUT2D eigenvalue weighted by Crippen LogP contribution is 2.19. The SMILES string of the molecule is N=C(N)c1cnc(N2CCN(CC(F)(F)F)CC2)cn1. The van der Waals surface area contributed by atoms with E-state index in [1.807, 2.05) is 4.90 Å². The van der Waals surface area contributed by atoms with Crippen molar-refractivity contribution in [1.82, 2.24) is 14.9 Å². The number of halogens is 3. The Hall–Kier alpha value is -1.90. The minimum absolute atomic E-state index is 0.168. The number of hydrogen-bond donors (Lipinski definition) is 2. The lowest BCUT2D eigenvalue weighted by Crippen LogP contribution is -2.49. The van der Waals surface area contributed by atoms with Crippen molar-refractivity contribution in [1.29, 1.82) is 5.41 Å². The molecule has 0 bridgehead atoms. The molecule has 2 rings (SSSR count). The van der Waals surface area contributed by atoms with E-state index in [4.69, 9.17) is 11.1 Å². The molecule has 1 fully saturated rings. The first kappa shape index (κ1) is 14.5. The molecule has 0 atom stereocenters. The standard InChI is InChI=1S/C11H15F3N6/c12-11(13,14)7-19-1-3-20(4-2-19)9-6-17-8(5-18-9)10(15)16/h5-6H,1-4,7H2,(H3,15,16). The van der Waals surface area contributed by atoms with Crippen LogP contribution in [0.5, 0.6) is 0 Å². The number of aromatic nitrogens is 2. The van der Waals surface area contributed by atoms with E-state index in [0.717, 1.165) is 0 Å². The molecule has 6 nitrogen and oxygen atoms in total. The van der Waals surface area contributed by atoms with Crippen LogP contribution < -0.4 is 10.6 Å². The van der Waals surface area contributed by atoms with Crippen LogP contribution in [0.2, 0.25) is 0 Å². The minimum Gasteiger partial charge on any atom is -0.382 e. The lowest BCUT2D eigenvalue weighted by molar-refractivity contribution is -0.146. The Kier molecular flexibility index (Phi) is 4.07. The molecular weight excluding hydrogens is 273 g/mol. The molecule has 1 aliphatic heterocycles. The summed E-state index contributed by atoms with van der Waals surface area (Å²) in [5.41, 5.74) is 5.56. The fraction of sp³-hybridized carbons (Fsp3) is 0.545. The summed E-state index contributed by atoms with van der Waals surface area (Å²) in [6, 6.07) is 0. The summed E-state index contributed by atoms with van der Waals surface area (Å²) in [6.45, 7) is 0.704. The van der Waals surface area contributed by atoms with Crippen LogP contribution in [0.25, 0.3) is 0 Å². The van der Waals surface area contributed by atoms with Gasteiger partial charge < -0.3 is 10.6 Å². The normalized spacial score (nSPS) is 17.2. The van der Waals surface area contributed by atoms with Crippen molar-refractivity contribution in [2.24, 2.45) is 5.73 Å². The van der Waals surface area contributed by atoms with Crippen LogP contribution in [0, 0.1) is 5.41 Å². The fourth-order valence-corrected chi connectivity index (χ4v) is 2.01. The molecule has 110 valence electrons. The topological polar surface area (TPSA) is 82.1 Å². The number of piperazine rings is 1. The van der Waals surface area contributed by atoms with E-state index in [9.17, 15) is 13.2 Å². The van der Waals surface area contributed by atoms with Crippen molar-refractivity contribution in [2.45, 2.75) is 6.18 Å². The molecular formula is C11H15F3N6. The van der Waals surface area contributed by atoms with Crippen molar-refractivity contribution in [2.75, 3.05) is 37.6 Å². The smallest absolute Gasteiger partial charge is 0.382 e. The lowest BCUT2D eigenvalue weighted by atomic mass is 10.3. The first-order valence-electron chi connectivity index (χ1n) is 6.05. The van der Waals surface area contributed by atoms with E-state index in [1.165, 1.54) is 17.3 Å². The number of rotatable bonds is 3. The molecule has 1 aromatic heterocycles. The highest BCUT2D eigenvalue weighted by molar-refractivity contribution is 5.92. The number of hydrogen-bond acceptors (Lipinski definition) is 5. The molecule has 1 saturated heterocycles. The number of nitrogens with zero attached hydrogens (tertiary/aromatic N) is 4. The maximum absolute atomic E-state index is 12.3. The average molecular weight is 288 g/mol. The van der Waals surface area contributed by atoms with Crippen LogP contribution in [-0.4, -0.2) is 59.6 Å². The Balaban J connectivity index is 1.92. The molecule has 0 amide bonds. The second kappa shape index (κ2) is 5.61. The highest BCUT2D eigenvalue weighted by Gasteiger charge is 2.32. The Morgan fingerprint density at radius 2 is 1.85 bits per heavy atom. The number of nitrogens with one attached hydrogen (secondary N) is 1. The zero-order chi connectivity index (χ0) is 14.8. The summed E-state index contributed by atoms with van der Waals surface area (Å²) in [6.07, 6.45) is -1.29. The van der Waals surface area contributed by atoms with Gasteiger partial charge in [0.2, 0.25) is 0 Å². The summed E-state index contributed by atoms with van der Waals surface area (Å²) in [5.74, 6) is 0.417. The second-order valence-electron chi connectivity index (χ2n) is 4.55. The van der Waals surface area contributed by atoms with E-state index < -0.39 is 12.7 Å². The molecule has 2 heterocycles. The first-order chi connectivity index (χ1) is 9.35. The van der Waals surface area contributed by atoms with E-state index in [0.29, 0.717) is 32.0 Å². The van der Waals surface area contributed by atoms with E-state index in [1.54, 1.807) is 0 Å². The van der Waals surface area contributed by atoms with E-state index in [-0.39, 0.29) is 11.5 Å². The summed E-state index contributed by atoms with van der Waals surface area (Å²) < 4.78 is 36.8. The number of alkyl halides is 3. The third kappa shape index (κ3) is 3.80. The minimum atomic E-state index is -4.16. The van der Waals surface area contributed by atoms with Gasteiger partial charge >= 0.3 is 6.18 Å². The van der Waals surface area contributed by atoms with Crippen LogP contribution >= 0.6 is 0 Å². The summed E-state index contributed by atoms with van der Waals surface area (Å²) in [5, 5.41) is 7.21. The van der Waals surface area contributed by atoms with Gasteiger partial charge in [-0.3, -0.25) is 10.3 Å². The third-order valence-electron chi connectivity index (χ3n) is 3.01. The maximum Gasteiger partial charge on any atom is 0.401 e. The average Bonchev–Trinajstić information content (AvgIpc) is 2.38. The van der Waals surface area contributed by atoms with Gasteiger partial charge in [0.25, 0.3) is 0 Å². The van der Waals surface area contributed by atoms with Crippen molar-refractivity contribution >= 4 is 11.7 Å². The fourth-order valence-electron chi connectivity index (χ4n) is 2.01. The Labute approximate surface area is 113 Å². The van der Waals surface area contributed by atoms with Gasteiger partial charge in [0, 0.05) is 26.2 Å². The Bertz CT molecular complexity index is 464. The van der Waals surface area contributed by atoms with E-state index in [2.05, 4.69) is 9.97 Å². The maximum atomic E-state index is 12.3. The molecule has 1 aromatic rings. The zero-order valence-electron chi connectivity index (χ0n) is 10.7. The lowest BCUT2D eigenvalue weighted by Gasteiger charge is -2.35. The van der Waals surface area contributed by atoms with Gasteiger partial charge in [0.15, 0.2) is 0 Å². The van der Waals surface area contributed by atoms with Crippen LogP contribution in [0.1, 0.15) is 5.69 Å². The molecule has 0 aromatic carbocycles. The van der Waals surface area contributed by atoms with Gasteiger partial charge in [-0.1, -0.05) is 0 Å². The van der Waals surface area contributed by atoms with Crippen LogP contribution in [0.3, 0.4) is 0 Å². The van der Waals surface area contributed by atoms with Crippen LogP contribution in [-0.2, 0) is 0 Å². The van der Waals surface area contributed by atoms with Gasteiger partial charge in [-0.15, -0.1) is 0 Å². The largest absolute Gasteiger partial charge is 0.401 e. The molecule has 9 heteroatoms. The molecule has 1 aliphatic rings. The first-order valence-corrected chi connectivity index (χ1v) is 6.05. The van der Waals surface area contributed by atoms with Gasteiger partial charge in [0.1, 0.15) is 17.3 Å². The third-order valence-corrected chi connectivity index (χ3v) is 3.01. The molecule has 20 heavy (non-hydrogen) atoms. The van der Waals surface area contributed by atoms with Crippen LogP contribution in [0.15, 0.2) is 12.4 Å². The Morgan fingerprint density at radius 3 is 2.30 bits per heavy atom. The molecule has 0 saturated carbocycles. The quantitative estimate of drug-likeness (QED) is 0.623. The van der Waals surface area contributed by atoms with Gasteiger partial charge in [-0.25, -0.2) is 9.97 Å². The molecule has 0 unspecified atom stereocenters. The summed E-state index contributed by atoms with van der Waals surface area (Å²) in [7, 11) is 0. The van der Waals surface area contributed by atoms with Gasteiger partial charge in [-0.2, -0.15) is 13.2 Å². The second-order valence-corrected chi connectivity index (χ2v) is 4.55. The predicted octanol–water partition coefficient (Wildman–Crippen LogP) is 0.445. The van der Waals surface area contributed by atoms with Crippen molar-refractivity contribution in [3.05, 3.63) is 18.1 Å². The van der Waals surface area contributed by atoms with Crippen molar-refractivity contribution < 1.29 is 13.2 Å². The Morgan fingerprint density at radius 1 is 1.20 bits per heavy atom. The van der Waals surface area contributed by atoms with E-state index >= 15 is 0 Å². The van der Waals surface area contributed by atoms with Crippen molar-refractivity contribution in [3.63, 3.8) is 0 Å². The van der Waals surface area contributed by atoms with Gasteiger partial charge in [-0.05, 0) is 0 Å². The number of nitrogen functional groups attached to an aromatic ring is 1. The number of nitrogens with two attached hydrogens (primary N) is 1. The van der Waals surface area contributed by atoms with Crippen LogP contribution in [0.4, 0.5) is 19.0 Å². The zero-order valence-corrected chi connectivity index (χ0v) is 10.7. The summed E-state index contributed by atoms with van der Waals surface area (Å²) in [4.78, 5) is 11.3. The highest BCUT2D eigenvalue weighted by atomic mass is 19.4. The monoisotopic (exact) mass is 288 g/mol. The molecule has 0 radical (unpaired) electrons. The van der Waals surface area contributed by atoms with Gasteiger partial charge in [0.05, 0.1) is 18.9 Å². The molecule has 0 aliphatic carbocycles. The molecule has 0 spiro atoms.